The summed E-state index contributed by atoms with van der Waals surface area (Å²) in [5.74, 6) is 0.0587. The monoisotopic (exact) mass is 272 g/mol. The van der Waals surface area contributed by atoms with Crippen LogP contribution in [0.15, 0.2) is 48.5 Å². The molecule has 104 valence electrons. The van der Waals surface area contributed by atoms with Gasteiger partial charge in [0.2, 0.25) is 0 Å². The van der Waals surface area contributed by atoms with Gasteiger partial charge in [0.15, 0.2) is 0 Å². The summed E-state index contributed by atoms with van der Waals surface area (Å²) >= 11 is 0. The van der Waals surface area contributed by atoms with E-state index in [2.05, 4.69) is 5.32 Å². The molecule has 0 amide bonds. The highest BCUT2D eigenvalue weighted by atomic mass is 16.6. The summed E-state index contributed by atoms with van der Waals surface area (Å²) in [4.78, 5) is 10.3. The Hall–Kier alpha value is -2.40. The van der Waals surface area contributed by atoms with E-state index in [9.17, 15) is 15.2 Å². The Morgan fingerprint density at radius 2 is 1.95 bits per heavy atom. The molecule has 2 aromatic carbocycles. The lowest BCUT2D eigenvalue weighted by Crippen LogP contribution is -2.18. The molecule has 5 heteroatoms. The van der Waals surface area contributed by atoms with Crippen LogP contribution < -0.4 is 5.32 Å². The van der Waals surface area contributed by atoms with Crippen molar-refractivity contribution in [3.05, 3.63) is 69.8 Å². The van der Waals surface area contributed by atoms with Crippen molar-refractivity contribution < 1.29 is 10.0 Å². The van der Waals surface area contributed by atoms with Crippen molar-refractivity contribution in [3.8, 4) is 5.75 Å². The fourth-order valence-electron chi connectivity index (χ4n) is 1.95. The van der Waals surface area contributed by atoms with Crippen LogP contribution in [-0.2, 0) is 6.54 Å². The fourth-order valence-corrected chi connectivity index (χ4v) is 1.95. The number of phenolic OH excluding ortho intramolecular Hbond substituents is 1. The third-order valence-electron chi connectivity index (χ3n) is 3.17. The number of benzene rings is 2. The quantitative estimate of drug-likeness (QED) is 0.647. The zero-order valence-electron chi connectivity index (χ0n) is 11.1. The maximum Gasteiger partial charge on any atom is 0.270 e. The number of nitrogens with zero attached hydrogens (tertiary/aromatic N) is 1. The first-order valence-corrected chi connectivity index (χ1v) is 6.32. The third kappa shape index (κ3) is 3.33. The molecule has 0 heterocycles. The van der Waals surface area contributed by atoms with Crippen molar-refractivity contribution in [1.82, 2.24) is 5.32 Å². The van der Waals surface area contributed by atoms with Gasteiger partial charge in [-0.1, -0.05) is 30.3 Å². The van der Waals surface area contributed by atoms with Gasteiger partial charge in [-0.15, -0.1) is 0 Å². The lowest BCUT2D eigenvalue weighted by Gasteiger charge is -2.14. The minimum atomic E-state index is -0.469. The van der Waals surface area contributed by atoms with Crippen LogP contribution in [-0.4, -0.2) is 10.0 Å². The number of aromatic hydroxyl groups is 1. The molecule has 20 heavy (non-hydrogen) atoms. The maximum atomic E-state index is 10.7. The Kier molecular flexibility index (Phi) is 4.32. The van der Waals surface area contributed by atoms with Gasteiger partial charge in [0.1, 0.15) is 5.75 Å². The van der Waals surface area contributed by atoms with Crippen molar-refractivity contribution in [3.63, 3.8) is 0 Å². The molecule has 0 saturated carbocycles. The number of non-ortho nitro benzene ring substituents is 1. The van der Waals surface area contributed by atoms with E-state index in [4.69, 9.17) is 0 Å². The summed E-state index contributed by atoms with van der Waals surface area (Å²) in [5.41, 5.74) is 1.62. The van der Waals surface area contributed by atoms with Gasteiger partial charge in [-0.3, -0.25) is 10.1 Å². The van der Waals surface area contributed by atoms with Gasteiger partial charge in [0, 0.05) is 30.3 Å². The molecule has 2 aromatic rings. The standard InChI is InChI=1S/C15H16N2O3/c1-11(12-5-3-2-4-6-12)16-10-13-9-14(17(19)20)7-8-15(13)18/h2-9,11,16,18H,10H2,1H3/t11-/m0/s1. The molecule has 0 bridgehead atoms. The van der Waals surface area contributed by atoms with Crippen LogP contribution in [0, 0.1) is 10.1 Å². The van der Waals surface area contributed by atoms with Gasteiger partial charge in [-0.05, 0) is 18.6 Å². The number of hydrogen-bond donors (Lipinski definition) is 2. The molecule has 5 nitrogen and oxygen atoms in total. The number of hydrogen-bond acceptors (Lipinski definition) is 4. The normalized spacial score (nSPS) is 12.1. The van der Waals surface area contributed by atoms with E-state index >= 15 is 0 Å². The number of rotatable bonds is 5. The third-order valence-corrected chi connectivity index (χ3v) is 3.17. The Bertz CT molecular complexity index is 599. The van der Waals surface area contributed by atoms with Crippen LogP contribution >= 0.6 is 0 Å². The van der Waals surface area contributed by atoms with Crippen molar-refractivity contribution in [2.24, 2.45) is 0 Å². The average molecular weight is 272 g/mol. The molecule has 0 aliphatic carbocycles. The zero-order chi connectivity index (χ0) is 14.5. The van der Waals surface area contributed by atoms with E-state index in [0.29, 0.717) is 12.1 Å². The van der Waals surface area contributed by atoms with Gasteiger partial charge in [-0.25, -0.2) is 0 Å². The first kappa shape index (κ1) is 14.0. The van der Waals surface area contributed by atoms with Crippen LogP contribution in [0.1, 0.15) is 24.1 Å². The molecule has 1 atom stereocenters. The first-order valence-electron chi connectivity index (χ1n) is 6.32. The largest absolute Gasteiger partial charge is 0.508 e. The second-order valence-corrected chi connectivity index (χ2v) is 4.58. The number of nitro benzene ring substituents is 1. The maximum absolute atomic E-state index is 10.7. The molecular weight excluding hydrogens is 256 g/mol. The van der Waals surface area contributed by atoms with Crippen molar-refractivity contribution in [2.45, 2.75) is 19.5 Å². The van der Waals surface area contributed by atoms with Crippen LogP contribution in [0.5, 0.6) is 5.75 Å². The smallest absolute Gasteiger partial charge is 0.270 e. The highest BCUT2D eigenvalue weighted by molar-refractivity contribution is 5.43. The van der Waals surface area contributed by atoms with Crippen LogP contribution in [0.4, 0.5) is 5.69 Å². The van der Waals surface area contributed by atoms with E-state index < -0.39 is 4.92 Å². The van der Waals surface area contributed by atoms with E-state index in [-0.39, 0.29) is 17.5 Å². The predicted octanol–water partition coefficient (Wildman–Crippen LogP) is 3.15. The van der Waals surface area contributed by atoms with Gasteiger partial charge in [-0.2, -0.15) is 0 Å². The summed E-state index contributed by atoms with van der Waals surface area (Å²) in [6.45, 7) is 2.37. The highest BCUT2D eigenvalue weighted by Gasteiger charge is 2.11. The molecule has 0 aromatic heterocycles. The fraction of sp³-hybridized carbons (Fsp3) is 0.200. The van der Waals surface area contributed by atoms with Gasteiger partial charge in [0.05, 0.1) is 4.92 Å². The number of nitro groups is 1. The Balaban J connectivity index is 2.07. The number of phenols is 1. The molecule has 0 aliphatic heterocycles. The predicted molar refractivity (Wildman–Crippen MR) is 76.5 cm³/mol. The number of nitrogens with one attached hydrogen (secondary N) is 1. The Morgan fingerprint density at radius 3 is 2.60 bits per heavy atom. The highest BCUT2D eigenvalue weighted by Crippen LogP contribution is 2.23. The van der Waals surface area contributed by atoms with E-state index in [0.717, 1.165) is 5.56 Å². The molecule has 2 rings (SSSR count). The zero-order valence-corrected chi connectivity index (χ0v) is 11.1. The van der Waals surface area contributed by atoms with Crippen molar-refractivity contribution in [2.75, 3.05) is 0 Å². The lowest BCUT2D eigenvalue weighted by atomic mass is 10.1. The minimum Gasteiger partial charge on any atom is -0.508 e. The van der Waals surface area contributed by atoms with Gasteiger partial charge >= 0.3 is 0 Å². The molecule has 0 unspecified atom stereocenters. The van der Waals surface area contributed by atoms with Crippen molar-refractivity contribution in [1.29, 1.82) is 0 Å². The first-order chi connectivity index (χ1) is 9.58. The molecule has 0 saturated heterocycles. The molecule has 0 spiro atoms. The molecule has 0 aliphatic rings. The van der Waals surface area contributed by atoms with E-state index in [1.165, 1.54) is 18.2 Å². The van der Waals surface area contributed by atoms with Crippen LogP contribution in [0.2, 0.25) is 0 Å². The summed E-state index contributed by atoms with van der Waals surface area (Å²) in [6, 6.07) is 14.0. The lowest BCUT2D eigenvalue weighted by molar-refractivity contribution is -0.384. The SMILES string of the molecule is C[C@H](NCc1cc([N+](=O)[O-])ccc1O)c1ccccc1. The summed E-state index contributed by atoms with van der Waals surface area (Å²) < 4.78 is 0. The summed E-state index contributed by atoms with van der Waals surface area (Å²) in [5, 5.41) is 23.7. The van der Waals surface area contributed by atoms with E-state index in [1.807, 2.05) is 37.3 Å². The molecule has 2 N–H and O–H groups in total. The topological polar surface area (TPSA) is 75.4 Å². The molecule has 0 radical (unpaired) electrons. The van der Waals surface area contributed by atoms with E-state index in [1.54, 1.807) is 0 Å². The second kappa shape index (κ2) is 6.16. The van der Waals surface area contributed by atoms with Gasteiger partial charge in [0.25, 0.3) is 5.69 Å². The summed E-state index contributed by atoms with van der Waals surface area (Å²) in [6.07, 6.45) is 0. The van der Waals surface area contributed by atoms with Crippen LogP contribution in [0.3, 0.4) is 0 Å². The molecular formula is C15H16N2O3. The van der Waals surface area contributed by atoms with Crippen molar-refractivity contribution >= 4 is 5.69 Å². The second-order valence-electron chi connectivity index (χ2n) is 4.58. The molecule has 0 fully saturated rings. The average Bonchev–Trinajstić information content (AvgIpc) is 2.46. The Morgan fingerprint density at radius 1 is 1.25 bits per heavy atom. The van der Waals surface area contributed by atoms with Gasteiger partial charge < -0.3 is 10.4 Å². The summed E-state index contributed by atoms with van der Waals surface area (Å²) in [7, 11) is 0. The Labute approximate surface area is 117 Å². The minimum absolute atomic E-state index is 0.0213. The van der Waals surface area contributed by atoms with Crippen LogP contribution in [0.25, 0.3) is 0 Å².